The number of halogens is 1. The summed E-state index contributed by atoms with van der Waals surface area (Å²) in [6, 6.07) is 2.03. The molecule has 0 saturated heterocycles. The average molecular weight is 273 g/mol. The number of phenols is 1. The molecule has 96 valence electrons. The van der Waals surface area contributed by atoms with E-state index in [-0.39, 0.29) is 10.7 Å². The SMILES string of the molecule is CC(=O)N(C(C)=O)c1cc(Cl)cc([N+](=O)[O-])c1O. The predicted octanol–water partition coefficient (Wildman–Crippen LogP) is 1.85. The monoisotopic (exact) mass is 272 g/mol. The third kappa shape index (κ3) is 2.57. The van der Waals surface area contributed by atoms with Crippen LogP contribution in [0.4, 0.5) is 11.4 Å². The summed E-state index contributed by atoms with van der Waals surface area (Å²) in [5, 5.41) is 20.3. The molecule has 7 nitrogen and oxygen atoms in total. The van der Waals surface area contributed by atoms with Crippen molar-refractivity contribution in [3.63, 3.8) is 0 Å². The highest BCUT2D eigenvalue weighted by atomic mass is 35.5. The number of rotatable bonds is 2. The molecule has 0 aliphatic heterocycles. The van der Waals surface area contributed by atoms with Crippen LogP contribution in [-0.2, 0) is 9.59 Å². The van der Waals surface area contributed by atoms with Crippen LogP contribution in [0.25, 0.3) is 0 Å². The van der Waals surface area contributed by atoms with Crippen LogP contribution in [0.1, 0.15) is 13.8 Å². The molecule has 1 aromatic carbocycles. The molecule has 8 heteroatoms. The molecule has 0 fully saturated rings. The third-order valence-electron chi connectivity index (χ3n) is 2.10. The Morgan fingerprint density at radius 3 is 2.22 bits per heavy atom. The number of phenolic OH excluding ortho intramolecular Hbond substituents is 1. The van der Waals surface area contributed by atoms with Gasteiger partial charge in [-0.2, -0.15) is 0 Å². The summed E-state index contributed by atoms with van der Waals surface area (Å²) < 4.78 is 0. The second-order valence-electron chi connectivity index (χ2n) is 3.42. The van der Waals surface area contributed by atoms with Crippen molar-refractivity contribution in [2.24, 2.45) is 0 Å². The van der Waals surface area contributed by atoms with Crippen LogP contribution in [0.15, 0.2) is 12.1 Å². The number of imide groups is 1. The first-order valence-corrected chi connectivity index (χ1v) is 5.11. The van der Waals surface area contributed by atoms with Crippen molar-refractivity contribution in [3.05, 3.63) is 27.3 Å². The van der Waals surface area contributed by atoms with Crippen molar-refractivity contribution in [2.75, 3.05) is 4.90 Å². The maximum Gasteiger partial charge on any atom is 0.314 e. The molecule has 0 aromatic heterocycles. The second-order valence-corrected chi connectivity index (χ2v) is 3.86. The number of carbonyl (C=O) groups excluding carboxylic acids is 2. The van der Waals surface area contributed by atoms with Gasteiger partial charge in [0.2, 0.25) is 17.6 Å². The highest BCUT2D eigenvalue weighted by Crippen LogP contribution is 2.39. The molecule has 1 rings (SSSR count). The maximum atomic E-state index is 11.3. The Hall–Kier alpha value is -2.15. The number of nitrogens with zero attached hydrogens (tertiary/aromatic N) is 2. The van der Waals surface area contributed by atoms with E-state index in [0.717, 1.165) is 26.0 Å². The summed E-state index contributed by atoms with van der Waals surface area (Å²) in [4.78, 5) is 33.1. The molecule has 0 spiro atoms. The Labute approximate surface area is 107 Å². The molecular formula is C10H9ClN2O5. The van der Waals surface area contributed by atoms with Gasteiger partial charge in [-0.25, -0.2) is 4.90 Å². The normalized spacial score (nSPS) is 9.94. The first kappa shape index (κ1) is 13.9. The lowest BCUT2D eigenvalue weighted by Gasteiger charge is -2.18. The summed E-state index contributed by atoms with van der Waals surface area (Å²) in [7, 11) is 0. The molecule has 0 atom stereocenters. The number of carbonyl (C=O) groups is 2. The minimum Gasteiger partial charge on any atom is -0.501 e. The van der Waals surface area contributed by atoms with Crippen molar-refractivity contribution in [1.29, 1.82) is 0 Å². The summed E-state index contributed by atoms with van der Waals surface area (Å²) in [5.74, 6) is -2.15. The minimum atomic E-state index is -0.858. The number of nitro groups is 1. The van der Waals surface area contributed by atoms with Crippen LogP contribution in [0.3, 0.4) is 0 Å². The van der Waals surface area contributed by atoms with Gasteiger partial charge in [-0.1, -0.05) is 11.6 Å². The minimum absolute atomic E-state index is 0.0676. The molecule has 2 amide bonds. The topological polar surface area (TPSA) is 101 Å². The zero-order valence-corrected chi connectivity index (χ0v) is 10.3. The zero-order valence-electron chi connectivity index (χ0n) is 9.51. The standard InChI is InChI=1S/C10H9ClN2O5/c1-5(14)12(6(2)15)8-3-7(11)4-9(10(8)16)13(17)18/h3-4,16H,1-2H3. The molecule has 0 heterocycles. The number of amides is 2. The van der Waals surface area contributed by atoms with Crippen LogP contribution in [0.5, 0.6) is 5.75 Å². The Morgan fingerprint density at radius 2 is 1.83 bits per heavy atom. The van der Waals surface area contributed by atoms with Gasteiger partial charge in [0.25, 0.3) is 0 Å². The fourth-order valence-electron chi connectivity index (χ4n) is 1.44. The maximum absolute atomic E-state index is 11.3. The van der Waals surface area contributed by atoms with Gasteiger partial charge < -0.3 is 5.11 Å². The number of hydrogen-bond donors (Lipinski definition) is 1. The predicted molar refractivity (Wildman–Crippen MR) is 63.6 cm³/mol. The lowest BCUT2D eigenvalue weighted by molar-refractivity contribution is -0.385. The summed E-state index contributed by atoms with van der Waals surface area (Å²) in [6.07, 6.45) is 0. The molecule has 0 saturated carbocycles. The third-order valence-corrected chi connectivity index (χ3v) is 2.32. The van der Waals surface area contributed by atoms with E-state index in [4.69, 9.17) is 11.6 Å². The van der Waals surface area contributed by atoms with E-state index < -0.39 is 28.2 Å². The van der Waals surface area contributed by atoms with E-state index in [1.807, 2.05) is 0 Å². The van der Waals surface area contributed by atoms with Gasteiger partial charge in [-0.15, -0.1) is 0 Å². The molecule has 1 aromatic rings. The van der Waals surface area contributed by atoms with Crippen LogP contribution >= 0.6 is 11.6 Å². The summed E-state index contributed by atoms with van der Waals surface area (Å²) in [5.41, 5.74) is -0.987. The largest absolute Gasteiger partial charge is 0.501 e. The van der Waals surface area contributed by atoms with E-state index >= 15 is 0 Å². The van der Waals surface area contributed by atoms with Crippen molar-refractivity contribution in [3.8, 4) is 5.75 Å². The number of aromatic hydroxyl groups is 1. The lowest BCUT2D eigenvalue weighted by Crippen LogP contribution is -2.33. The van der Waals surface area contributed by atoms with Gasteiger partial charge in [0.15, 0.2) is 0 Å². The first-order chi connectivity index (χ1) is 8.25. The van der Waals surface area contributed by atoms with Crippen molar-refractivity contribution < 1.29 is 19.6 Å². The average Bonchev–Trinajstić information content (AvgIpc) is 2.21. The number of anilines is 1. The first-order valence-electron chi connectivity index (χ1n) is 4.74. The molecule has 0 bridgehead atoms. The zero-order chi connectivity index (χ0) is 14.0. The molecule has 1 N–H and O–H groups in total. The smallest absolute Gasteiger partial charge is 0.314 e. The molecule has 0 aliphatic rings. The second kappa shape index (κ2) is 5.01. The quantitative estimate of drug-likeness (QED) is 0.654. The van der Waals surface area contributed by atoms with Crippen LogP contribution < -0.4 is 4.90 Å². The highest BCUT2D eigenvalue weighted by Gasteiger charge is 2.26. The van der Waals surface area contributed by atoms with E-state index in [1.54, 1.807) is 0 Å². The molecule has 0 unspecified atom stereocenters. The van der Waals surface area contributed by atoms with E-state index in [0.29, 0.717) is 4.90 Å². The molecule has 0 radical (unpaired) electrons. The van der Waals surface area contributed by atoms with E-state index in [1.165, 1.54) is 0 Å². The number of hydrogen-bond acceptors (Lipinski definition) is 5. The molecular weight excluding hydrogens is 264 g/mol. The van der Waals surface area contributed by atoms with Gasteiger partial charge in [0, 0.05) is 24.9 Å². The van der Waals surface area contributed by atoms with E-state index in [2.05, 4.69) is 0 Å². The Kier molecular flexibility index (Phi) is 3.87. The molecule has 18 heavy (non-hydrogen) atoms. The van der Waals surface area contributed by atoms with Crippen LogP contribution in [-0.4, -0.2) is 21.8 Å². The fraction of sp³-hybridized carbons (Fsp3) is 0.200. The Morgan fingerprint density at radius 1 is 1.33 bits per heavy atom. The van der Waals surface area contributed by atoms with Crippen LogP contribution in [0.2, 0.25) is 5.02 Å². The van der Waals surface area contributed by atoms with Crippen molar-refractivity contribution in [1.82, 2.24) is 0 Å². The Bertz CT molecular complexity index is 529. The van der Waals surface area contributed by atoms with Gasteiger partial charge in [-0.3, -0.25) is 19.7 Å². The molecule has 0 aliphatic carbocycles. The van der Waals surface area contributed by atoms with Crippen LogP contribution in [0, 0.1) is 10.1 Å². The Balaban J connectivity index is 3.53. The van der Waals surface area contributed by atoms with Gasteiger partial charge in [0.1, 0.15) is 5.69 Å². The number of nitro benzene ring substituents is 1. The lowest BCUT2D eigenvalue weighted by atomic mass is 10.2. The van der Waals surface area contributed by atoms with Gasteiger partial charge in [-0.05, 0) is 6.07 Å². The fourth-order valence-corrected chi connectivity index (χ4v) is 1.65. The summed E-state index contributed by atoms with van der Waals surface area (Å²) in [6.45, 7) is 2.18. The highest BCUT2D eigenvalue weighted by molar-refractivity contribution is 6.31. The van der Waals surface area contributed by atoms with Crippen molar-refractivity contribution in [2.45, 2.75) is 13.8 Å². The van der Waals surface area contributed by atoms with Gasteiger partial charge >= 0.3 is 5.69 Å². The number of benzene rings is 1. The van der Waals surface area contributed by atoms with E-state index in [9.17, 15) is 24.8 Å². The van der Waals surface area contributed by atoms with Gasteiger partial charge in [0.05, 0.1) is 4.92 Å². The van der Waals surface area contributed by atoms with Crippen molar-refractivity contribution >= 4 is 34.8 Å². The summed E-state index contributed by atoms with van der Waals surface area (Å²) >= 11 is 5.65.